The minimum atomic E-state index is 0.110. The lowest BCUT2D eigenvalue weighted by Gasteiger charge is -2.05. The Hall–Kier alpha value is -1.83. The Kier molecular flexibility index (Phi) is 4.35. The number of carbonyl (C=O) groups is 1. The Morgan fingerprint density at radius 1 is 1.11 bits per heavy atom. The molecule has 0 spiro atoms. The van der Waals surface area contributed by atoms with Crippen LogP contribution in [-0.2, 0) is 11.2 Å². The van der Waals surface area contributed by atoms with E-state index in [0.717, 1.165) is 24.9 Å². The topological polar surface area (TPSA) is 29.1 Å². The molecule has 94 valence electrons. The summed E-state index contributed by atoms with van der Waals surface area (Å²) in [4.78, 5) is 11.7. The van der Waals surface area contributed by atoms with Gasteiger partial charge in [-0.1, -0.05) is 55.8 Å². The minimum Gasteiger partial charge on any atom is -0.356 e. The van der Waals surface area contributed by atoms with E-state index in [1.54, 1.807) is 0 Å². The zero-order chi connectivity index (χ0) is 12.8. The Morgan fingerprint density at radius 2 is 1.89 bits per heavy atom. The van der Waals surface area contributed by atoms with E-state index in [2.05, 4.69) is 36.5 Å². The van der Waals surface area contributed by atoms with Gasteiger partial charge >= 0.3 is 0 Å². The van der Waals surface area contributed by atoms with Crippen molar-refractivity contribution in [2.75, 3.05) is 6.54 Å². The average Bonchev–Trinajstić information content (AvgIpc) is 2.39. The molecule has 2 nitrogen and oxygen atoms in total. The molecule has 2 heteroatoms. The summed E-state index contributed by atoms with van der Waals surface area (Å²) in [6.07, 6.45) is 2.62. The number of hydrogen-bond donors (Lipinski definition) is 1. The van der Waals surface area contributed by atoms with Gasteiger partial charge in [-0.15, -0.1) is 0 Å². The van der Waals surface area contributed by atoms with E-state index in [9.17, 15) is 4.79 Å². The number of hydrogen-bond acceptors (Lipinski definition) is 1. The lowest BCUT2D eigenvalue weighted by molar-refractivity contribution is -0.120. The fourth-order valence-corrected chi connectivity index (χ4v) is 2.00. The molecule has 0 heterocycles. The standard InChI is InChI=1S/C16H19NO/c1-2-3-10-17-16(18)12-13-8-9-14-6-4-5-7-15(14)11-13/h4-9,11H,2-3,10,12H2,1H3,(H,17,18). The molecular weight excluding hydrogens is 222 g/mol. The Balaban J connectivity index is 2.01. The van der Waals surface area contributed by atoms with Gasteiger partial charge in [-0.3, -0.25) is 4.79 Å². The smallest absolute Gasteiger partial charge is 0.224 e. The molecule has 0 fully saturated rings. The van der Waals surface area contributed by atoms with Crippen LogP contribution in [0.15, 0.2) is 42.5 Å². The molecule has 0 saturated carbocycles. The highest BCUT2D eigenvalue weighted by molar-refractivity contribution is 5.85. The summed E-state index contributed by atoms with van der Waals surface area (Å²) < 4.78 is 0. The van der Waals surface area contributed by atoms with Gasteiger partial charge < -0.3 is 5.32 Å². The van der Waals surface area contributed by atoms with E-state index in [-0.39, 0.29) is 5.91 Å². The zero-order valence-corrected chi connectivity index (χ0v) is 10.8. The van der Waals surface area contributed by atoms with Crippen molar-refractivity contribution in [3.63, 3.8) is 0 Å². The minimum absolute atomic E-state index is 0.110. The fraction of sp³-hybridized carbons (Fsp3) is 0.312. The second-order valence-electron chi connectivity index (χ2n) is 4.56. The maximum absolute atomic E-state index is 11.7. The highest BCUT2D eigenvalue weighted by Gasteiger charge is 2.03. The van der Waals surface area contributed by atoms with E-state index in [4.69, 9.17) is 0 Å². The highest BCUT2D eigenvalue weighted by atomic mass is 16.1. The molecular formula is C16H19NO. The molecule has 0 radical (unpaired) electrons. The van der Waals surface area contributed by atoms with Crippen LogP contribution in [0.2, 0.25) is 0 Å². The molecule has 0 aliphatic rings. The van der Waals surface area contributed by atoms with E-state index in [0.29, 0.717) is 6.42 Å². The van der Waals surface area contributed by atoms with Crippen molar-refractivity contribution in [1.29, 1.82) is 0 Å². The highest BCUT2D eigenvalue weighted by Crippen LogP contribution is 2.15. The molecule has 1 amide bonds. The van der Waals surface area contributed by atoms with E-state index in [1.807, 2.05) is 18.2 Å². The molecule has 0 atom stereocenters. The van der Waals surface area contributed by atoms with Gasteiger partial charge in [0.15, 0.2) is 0 Å². The van der Waals surface area contributed by atoms with E-state index in [1.165, 1.54) is 10.8 Å². The third-order valence-corrected chi connectivity index (χ3v) is 3.03. The third-order valence-electron chi connectivity index (χ3n) is 3.03. The van der Waals surface area contributed by atoms with Crippen LogP contribution in [0.3, 0.4) is 0 Å². The number of benzene rings is 2. The first-order valence-corrected chi connectivity index (χ1v) is 6.54. The molecule has 0 bridgehead atoms. The molecule has 0 unspecified atom stereocenters. The Bertz CT molecular complexity index is 533. The summed E-state index contributed by atoms with van der Waals surface area (Å²) in [7, 11) is 0. The summed E-state index contributed by atoms with van der Waals surface area (Å²) in [5.74, 6) is 0.110. The van der Waals surface area contributed by atoms with Crippen molar-refractivity contribution < 1.29 is 4.79 Å². The van der Waals surface area contributed by atoms with Crippen LogP contribution in [0.5, 0.6) is 0 Å². The molecule has 0 saturated heterocycles. The van der Waals surface area contributed by atoms with Gasteiger partial charge in [-0.2, -0.15) is 0 Å². The van der Waals surface area contributed by atoms with Gasteiger partial charge in [0, 0.05) is 6.54 Å². The Labute approximate surface area is 108 Å². The monoisotopic (exact) mass is 241 g/mol. The van der Waals surface area contributed by atoms with Crippen LogP contribution in [0.1, 0.15) is 25.3 Å². The summed E-state index contributed by atoms with van der Waals surface area (Å²) >= 11 is 0. The predicted molar refractivity (Wildman–Crippen MR) is 75.6 cm³/mol. The van der Waals surface area contributed by atoms with Crippen LogP contribution in [0.25, 0.3) is 10.8 Å². The number of amides is 1. The van der Waals surface area contributed by atoms with Crippen molar-refractivity contribution in [1.82, 2.24) is 5.32 Å². The molecule has 2 aromatic rings. The van der Waals surface area contributed by atoms with E-state index < -0.39 is 0 Å². The molecule has 18 heavy (non-hydrogen) atoms. The van der Waals surface area contributed by atoms with Gasteiger partial charge in [0.25, 0.3) is 0 Å². The largest absolute Gasteiger partial charge is 0.356 e. The number of carbonyl (C=O) groups excluding carboxylic acids is 1. The van der Waals surface area contributed by atoms with Crippen LogP contribution in [-0.4, -0.2) is 12.5 Å². The number of fused-ring (bicyclic) bond motifs is 1. The normalized spacial score (nSPS) is 10.5. The van der Waals surface area contributed by atoms with Crippen molar-refractivity contribution in [3.05, 3.63) is 48.0 Å². The van der Waals surface area contributed by atoms with Crippen LogP contribution >= 0.6 is 0 Å². The quantitative estimate of drug-likeness (QED) is 0.799. The summed E-state index contributed by atoms with van der Waals surface area (Å²) in [5, 5.41) is 5.35. The van der Waals surface area contributed by atoms with Gasteiger partial charge in [0.2, 0.25) is 5.91 Å². The SMILES string of the molecule is CCCCNC(=O)Cc1ccc2ccccc2c1. The summed E-state index contributed by atoms with van der Waals surface area (Å²) in [6, 6.07) is 14.4. The van der Waals surface area contributed by atoms with Crippen molar-refractivity contribution in [2.24, 2.45) is 0 Å². The number of nitrogens with one attached hydrogen (secondary N) is 1. The average molecular weight is 241 g/mol. The van der Waals surface area contributed by atoms with Gasteiger partial charge in [0.1, 0.15) is 0 Å². The second kappa shape index (κ2) is 6.20. The molecule has 2 aromatic carbocycles. The summed E-state index contributed by atoms with van der Waals surface area (Å²) in [5.41, 5.74) is 1.07. The van der Waals surface area contributed by atoms with Gasteiger partial charge in [-0.25, -0.2) is 0 Å². The maximum atomic E-state index is 11.7. The van der Waals surface area contributed by atoms with Crippen LogP contribution in [0.4, 0.5) is 0 Å². The van der Waals surface area contributed by atoms with E-state index >= 15 is 0 Å². The first-order chi connectivity index (χ1) is 8.79. The second-order valence-corrected chi connectivity index (χ2v) is 4.56. The Morgan fingerprint density at radius 3 is 2.67 bits per heavy atom. The zero-order valence-electron chi connectivity index (χ0n) is 10.8. The van der Waals surface area contributed by atoms with Crippen molar-refractivity contribution in [2.45, 2.75) is 26.2 Å². The van der Waals surface area contributed by atoms with Gasteiger partial charge in [0.05, 0.1) is 6.42 Å². The van der Waals surface area contributed by atoms with Crippen LogP contribution < -0.4 is 5.32 Å². The lowest BCUT2D eigenvalue weighted by Crippen LogP contribution is -2.25. The fourth-order valence-electron chi connectivity index (χ4n) is 2.00. The first-order valence-electron chi connectivity index (χ1n) is 6.54. The molecule has 0 aromatic heterocycles. The molecule has 1 N–H and O–H groups in total. The number of unbranched alkanes of at least 4 members (excludes halogenated alkanes) is 1. The predicted octanol–water partition coefficient (Wildman–Crippen LogP) is 3.30. The molecule has 2 rings (SSSR count). The third kappa shape index (κ3) is 3.33. The van der Waals surface area contributed by atoms with Crippen LogP contribution in [0, 0.1) is 0 Å². The van der Waals surface area contributed by atoms with Crippen molar-refractivity contribution >= 4 is 16.7 Å². The maximum Gasteiger partial charge on any atom is 0.224 e. The van der Waals surface area contributed by atoms with Gasteiger partial charge in [-0.05, 0) is 22.8 Å². The lowest BCUT2D eigenvalue weighted by atomic mass is 10.0. The number of rotatable bonds is 5. The van der Waals surface area contributed by atoms with Crippen molar-refractivity contribution in [3.8, 4) is 0 Å². The summed E-state index contributed by atoms with van der Waals surface area (Å²) in [6.45, 7) is 2.90. The first kappa shape index (κ1) is 12.6. The molecule has 0 aliphatic heterocycles. The molecule has 0 aliphatic carbocycles.